The first kappa shape index (κ1) is 18.2. The minimum absolute atomic E-state index is 0.213. The number of fused-ring (bicyclic) bond motifs is 2. The molecule has 4 aromatic rings. The summed E-state index contributed by atoms with van der Waals surface area (Å²) in [5, 5.41) is 5.71. The van der Waals surface area contributed by atoms with Crippen LogP contribution in [0.15, 0.2) is 42.5 Å². The van der Waals surface area contributed by atoms with Gasteiger partial charge in [-0.05, 0) is 53.9 Å². The maximum Gasteiger partial charge on any atom is 0.259 e. The second-order valence-corrected chi connectivity index (χ2v) is 7.56. The zero-order valence-electron chi connectivity index (χ0n) is 15.8. The maximum absolute atomic E-state index is 13.1. The summed E-state index contributed by atoms with van der Waals surface area (Å²) in [6.45, 7) is 3.93. The predicted octanol–water partition coefficient (Wildman–Crippen LogP) is 4.61. The Morgan fingerprint density at radius 3 is 2.54 bits per heavy atom. The van der Waals surface area contributed by atoms with Crippen LogP contribution in [0.5, 0.6) is 5.75 Å². The highest BCUT2D eigenvalue weighted by Gasteiger charge is 2.18. The first-order valence-electron chi connectivity index (χ1n) is 8.77. The van der Waals surface area contributed by atoms with Crippen molar-refractivity contribution >= 4 is 49.1 Å². The van der Waals surface area contributed by atoms with Gasteiger partial charge >= 0.3 is 0 Å². The Hall–Kier alpha value is -3.16. The summed E-state index contributed by atoms with van der Waals surface area (Å²) in [5.41, 5.74) is 6.61. The fourth-order valence-electron chi connectivity index (χ4n) is 3.39. The van der Waals surface area contributed by atoms with Crippen LogP contribution in [0, 0.1) is 13.8 Å². The number of ether oxygens (including phenoxy) is 1. The number of anilines is 2. The van der Waals surface area contributed by atoms with E-state index in [9.17, 15) is 4.79 Å². The number of aryl methyl sites for hydroxylation is 2. The summed E-state index contributed by atoms with van der Waals surface area (Å²) < 4.78 is 6.46. The summed E-state index contributed by atoms with van der Waals surface area (Å²) in [7, 11) is 1.57. The zero-order chi connectivity index (χ0) is 19.8. The average Bonchev–Trinajstić information content (AvgIpc) is 3.13. The Balaban J connectivity index is 1.77. The van der Waals surface area contributed by atoms with E-state index in [0.717, 1.165) is 37.8 Å². The van der Waals surface area contributed by atoms with Gasteiger partial charge < -0.3 is 10.1 Å². The number of carbonyl (C=O) groups excluding carboxylic acids is 1. The Kier molecular flexibility index (Phi) is 4.62. The lowest BCUT2D eigenvalue weighted by atomic mass is 10.0. The van der Waals surface area contributed by atoms with Crippen molar-refractivity contribution in [3.8, 4) is 5.75 Å². The smallest absolute Gasteiger partial charge is 0.259 e. The molecule has 1 heterocycles. The van der Waals surface area contributed by atoms with Gasteiger partial charge in [0.1, 0.15) is 5.75 Å². The number of amides is 1. The molecule has 0 unspecified atom stereocenters. The highest BCUT2D eigenvalue weighted by molar-refractivity contribution is 7.22. The van der Waals surface area contributed by atoms with Crippen LogP contribution in [0.1, 0.15) is 21.5 Å². The molecule has 142 valence electrons. The van der Waals surface area contributed by atoms with Crippen LogP contribution in [-0.4, -0.2) is 18.0 Å². The molecule has 0 radical (unpaired) electrons. The minimum Gasteiger partial charge on any atom is -0.496 e. The quantitative estimate of drug-likeness (QED) is 0.348. The van der Waals surface area contributed by atoms with Gasteiger partial charge in [-0.15, -0.1) is 0 Å². The topological polar surface area (TPSA) is 89.3 Å². The summed E-state index contributed by atoms with van der Waals surface area (Å²) in [4.78, 5) is 17.5. The third-order valence-corrected chi connectivity index (χ3v) is 5.91. The number of nitrogens with two attached hydrogens (primary N) is 1. The molecule has 0 aliphatic heterocycles. The molecule has 0 bridgehead atoms. The first-order valence-corrected chi connectivity index (χ1v) is 9.59. The van der Waals surface area contributed by atoms with Crippen molar-refractivity contribution in [3.63, 3.8) is 0 Å². The van der Waals surface area contributed by atoms with Crippen LogP contribution in [0.25, 0.3) is 21.0 Å². The third-order valence-electron chi connectivity index (χ3n) is 4.79. The van der Waals surface area contributed by atoms with E-state index in [1.165, 1.54) is 11.3 Å². The summed E-state index contributed by atoms with van der Waals surface area (Å²) in [6.07, 6.45) is 0. The zero-order valence-corrected chi connectivity index (χ0v) is 16.6. The molecular weight excluding hydrogens is 372 g/mol. The van der Waals surface area contributed by atoms with Crippen LogP contribution in [0.3, 0.4) is 0 Å². The van der Waals surface area contributed by atoms with E-state index in [1.54, 1.807) is 7.11 Å². The van der Waals surface area contributed by atoms with E-state index in [4.69, 9.17) is 10.6 Å². The number of nitrogens with one attached hydrogen (secondary N) is 2. The number of hydrazine groups is 1. The van der Waals surface area contributed by atoms with Crippen molar-refractivity contribution in [2.24, 2.45) is 5.84 Å². The average molecular weight is 392 g/mol. The Bertz CT molecular complexity index is 1220. The summed E-state index contributed by atoms with van der Waals surface area (Å²) in [6, 6.07) is 13.6. The van der Waals surface area contributed by atoms with Crippen LogP contribution in [-0.2, 0) is 0 Å². The van der Waals surface area contributed by atoms with E-state index in [0.29, 0.717) is 16.4 Å². The van der Waals surface area contributed by atoms with Gasteiger partial charge in [-0.25, -0.2) is 10.8 Å². The molecule has 0 saturated carbocycles. The van der Waals surface area contributed by atoms with Gasteiger partial charge in [-0.2, -0.15) is 0 Å². The number of thiazole rings is 1. The van der Waals surface area contributed by atoms with E-state index in [1.807, 2.05) is 56.3 Å². The first-order chi connectivity index (χ1) is 13.5. The number of methoxy groups -OCH3 is 1. The second-order valence-electron chi connectivity index (χ2n) is 6.56. The minimum atomic E-state index is -0.213. The highest BCUT2D eigenvalue weighted by Crippen LogP contribution is 2.35. The van der Waals surface area contributed by atoms with E-state index < -0.39 is 0 Å². The maximum atomic E-state index is 13.1. The number of benzene rings is 3. The fraction of sp³-hybridized carbons (Fsp3) is 0.143. The molecule has 1 aromatic heterocycles. The molecule has 28 heavy (non-hydrogen) atoms. The normalized spacial score (nSPS) is 11.0. The van der Waals surface area contributed by atoms with E-state index in [2.05, 4.69) is 15.7 Å². The standard InChI is InChI=1S/C21H20N4O2S/c1-11-8-16-19(28-21(23-16)25-22)12(2)18(11)24-20(26)15-9-13-6-4-5-7-14(13)10-17(15)27-3/h4-10H,22H2,1-3H3,(H,23,25)(H,24,26). The van der Waals surface area contributed by atoms with Gasteiger partial charge in [0.15, 0.2) is 5.13 Å². The number of hydrogen-bond donors (Lipinski definition) is 3. The molecule has 0 spiro atoms. The Labute approximate surface area is 166 Å². The molecule has 0 aliphatic carbocycles. The van der Waals surface area contributed by atoms with Gasteiger partial charge in [-0.3, -0.25) is 10.2 Å². The number of carbonyl (C=O) groups is 1. The molecule has 0 atom stereocenters. The lowest BCUT2D eigenvalue weighted by Crippen LogP contribution is -2.15. The second kappa shape index (κ2) is 7.10. The molecule has 0 aliphatic rings. The van der Waals surface area contributed by atoms with Crippen molar-refractivity contribution in [2.45, 2.75) is 13.8 Å². The summed E-state index contributed by atoms with van der Waals surface area (Å²) >= 11 is 1.46. The Morgan fingerprint density at radius 1 is 1.14 bits per heavy atom. The SMILES string of the molecule is COc1cc2ccccc2cc1C(=O)Nc1c(C)cc2nc(NN)sc2c1C. The van der Waals surface area contributed by atoms with Crippen LogP contribution < -0.4 is 21.3 Å². The van der Waals surface area contributed by atoms with Crippen LogP contribution in [0.2, 0.25) is 0 Å². The number of nitrogens with zero attached hydrogens (tertiary/aromatic N) is 1. The number of nitrogen functional groups attached to an aromatic ring is 1. The molecule has 4 rings (SSSR count). The van der Waals surface area contributed by atoms with Gasteiger partial charge in [0, 0.05) is 5.69 Å². The highest BCUT2D eigenvalue weighted by atomic mass is 32.1. The molecule has 1 amide bonds. The van der Waals surface area contributed by atoms with Crippen molar-refractivity contribution < 1.29 is 9.53 Å². The van der Waals surface area contributed by atoms with E-state index >= 15 is 0 Å². The molecule has 6 nitrogen and oxygen atoms in total. The predicted molar refractivity (Wildman–Crippen MR) is 115 cm³/mol. The van der Waals surface area contributed by atoms with Crippen molar-refractivity contribution in [1.29, 1.82) is 0 Å². The molecular formula is C21H20N4O2S. The number of hydrogen-bond acceptors (Lipinski definition) is 6. The molecule has 7 heteroatoms. The largest absolute Gasteiger partial charge is 0.496 e. The Morgan fingerprint density at radius 2 is 1.86 bits per heavy atom. The third kappa shape index (κ3) is 3.04. The van der Waals surface area contributed by atoms with Gasteiger partial charge in [-0.1, -0.05) is 35.6 Å². The number of aromatic nitrogens is 1. The molecule has 3 aromatic carbocycles. The monoisotopic (exact) mass is 392 g/mol. The molecule has 4 N–H and O–H groups in total. The lowest BCUT2D eigenvalue weighted by Gasteiger charge is -2.14. The fourth-order valence-corrected chi connectivity index (χ4v) is 4.25. The van der Waals surface area contributed by atoms with E-state index in [-0.39, 0.29) is 5.91 Å². The molecule has 0 saturated heterocycles. The van der Waals surface area contributed by atoms with Crippen molar-refractivity contribution in [1.82, 2.24) is 4.98 Å². The lowest BCUT2D eigenvalue weighted by molar-refractivity contribution is 0.102. The van der Waals surface area contributed by atoms with Crippen LogP contribution in [0.4, 0.5) is 10.8 Å². The molecule has 0 fully saturated rings. The van der Waals surface area contributed by atoms with Crippen molar-refractivity contribution in [3.05, 3.63) is 59.2 Å². The number of rotatable bonds is 4. The van der Waals surface area contributed by atoms with Gasteiger partial charge in [0.05, 0.1) is 22.9 Å². The van der Waals surface area contributed by atoms with Gasteiger partial charge in [0.2, 0.25) is 0 Å². The van der Waals surface area contributed by atoms with Crippen LogP contribution >= 0.6 is 11.3 Å². The summed E-state index contributed by atoms with van der Waals surface area (Å²) in [5.74, 6) is 5.82. The van der Waals surface area contributed by atoms with Crippen molar-refractivity contribution in [2.75, 3.05) is 17.9 Å². The van der Waals surface area contributed by atoms with Gasteiger partial charge in [0.25, 0.3) is 5.91 Å².